The summed E-state index contributed by atoms with van der Waals surface area (Å²) in [6.07, 6.45) is 1.66. The summed E-state index contributed by atoms with van der Waals surface area (Å²) < 4.78 is 39.8. The molecule has 1 aliphatic heterocycles. The lowest BCUT2D eigenvalue weighted by atomic mass is 10.2. The van der Waals surface area contributed by atoms with Crippen LogP contribution in [0.3, 0.4) is 0 Å². The maximum atomic E-state index is 13.6. The van der Waals surface area contributed by atoms with E-state index in [0.29, 0.717) is 13.1 Å². The molecular weight excluding hydrogens is 380 g/mol. The second kappa shape index (κ2) is 5.85. The number of hydrogen-bond donors (Lipinski definition) is 0. The van der Waals surface area contributed by atoms with Gasteiger partial charge in [0.1, 0.15) is 4.90 Å². The summed E-state index contributed by atoms with van der Waals surface area (Å²) in [6, 6.07) is 2.44. The van der Waals surface area contributed by atoms with Gasteiger partial charge in [-0.3, -0.25) is 0 Å². The van der Waals surface area contributed by atoms with Crippen LogP contribution >= 0.6 is 39.1 Å². The lowest BCUT2D eigenvalue weighted by Gasteiger charge is -2.29. The molecule has 3 nitrogen and oxygen atoms in total. The van der Waals surface area contributed by atoms with Crippen molar-refractivity contribution in [2.24, 2.45) is 0 Å². The monoisotopic (exact) mass is 389 g/mol. The van der Waals surface area contributed by atoms with Crippen LogP contribution in [0.15, 0.2) is 17.0 Å². The molecule has 1 atom stereocenters. The average molecular weight is 391 g/mol. The third-order valence-corrected chi connectivity index (χ3v) is 6.37. The molecule has 106 valence electrons. The summed E-state index contributed by atoms with van der Waals surface area (Å²) in [6.45, 7) is 0.758. The predicted octanol–water partition coefficient (Wildman–Crippen LogP) is 3.68. The fourth-order valence-electron chi connectivity index (χ4n) is 1.96. The normalized spacial score (nSPS) is 21.6. The van der Waals surface area contributed by atoms with Gasteiger partial charge in [0.25, 0.3) is 0 Å². The summed E-state index contributed by atoms with van der Waals surface area (Å²) in [5.41, 5.74) is 0. The summed E-state index contributed by atoms with van der Waals surface area (Å²) >= 11 is 14.7. The van der Waals surface area contributed by atoms with Gasteiger partial charge >= 0.3 is 0 Å². The number of piperidine rings is 1. The quantitative estimate of drug-likeness (QED) is 0.570. The first-order valence-corrected chi connectivity index (χ1v) is 8.73. The highest BCUT2D eigenvalue weighted by atomic mass is 79.9. The van der Waals surface area contributed by atoms with Gasteiger partial charge in [0.05, 0.1) is 10.0 Å². The van der Waals surface area contributed by atoms with Crippen LogP contribution < -0.4 is 0 Å². The van der Waals surface area contributed by atoms with Gasteiger partial charge in [-0.1, -0.05) is 39.1 Å². The molecule has 1 heterocycles. The Kier molecular flexibility index (Phi) is 4.78. The van der Waals surface area contributed by atoms with Crippen molar-refractivity contribution in [3.8, 4) is 0 Å². The first kappa shape index (κ1) is 15.5. The molecule has 0 N–H and O–H groups in total. The van der Waals surface area contributed by atoms with Gasteiger partial charge < -0.3 is 0 Å². The third-order valence-electron chi connectivity index (χ3n) is 2.94. The lowest BCUT2D eigenvalue weighted by Crippen LogP contribution is -2.40. The van der Waals surface area contributed by atoms with E-state index in [2.05, 4.69) is 15.9 Å². The van der Waals surface area contributed by atoms with Crippen molar-refractivity contribution in [1.29, 1.82) is 0 Å². The molecule has 0 amide bonds. The maximum absolute atomic E-state index is 13.6. The fraction of sp³-hybridized carbons (Fsp3) is 0.455. The Labute approximate surface area is 129 Å². The van der Waals surface area contributed by atoms with Gasteiger partial charge in [-0.05, 0) is 25.0 Å². The first-order valence-electron chi connectivity index (χ1n) is 5.61. The average Bonchev–Trinajstić information content (AvgIpc) is 2.36. The largest absolute Gasteiger partial charge is 0.244 e. The lowest BCUT2D eigenvalue weighted by molar-refractivity contribution is 0.356. The number of hydrogen-bond acceptors (Lipinski definition) is 2. The highest BCUT2D eigenvalue weighted by Crippen LogP contribution is 2.32. The number of halogens is 4. The number of alkyl halides is 1. The molecule has 2 rings (SSSR count). The van der Waals surface area contributed by atoms with Crippen molar-refractivity contribution < 1.29 is 12.8 Å². The Morgan fingerprint density at radius 3 is 2.68 bits per heavy atom. The molecule has 19 heavy (non-hydrogen) atoms. The standard InChI is InChI=1S/C11H11BrCl2FNO2S/c12-7-2-1-5-16(6-7)19(17,18)9-4-3-8(13)11(15)10(9)14/h3-4,7H,1-2,5-6H2. The van der Waals surface area contributed by atoms with Crippen LogP contribution in [0.1, 0.15) is 12.8 Å². The number of sulfonamides is 1. The molecule has 0 spiro atoms. The van der Waals surface area contributed by atoms with Gasteiger partial charge in [-0.25, -0.2) is 12.8 Å². The van der Waals surface area contributed by atoms with Crippen LogP contribution in [0.5, 0.6) is 0 Å². The van der Waals surface area contributed by atoms with E-state index in [-0.39, 0.29) is 14.7 Å². The van der Waals surface area contributed by atoms with E-state index in [4.69, 9.17) is 23.2 Å². The van der Waals surface area contributed by atoms with Crippen molar-refractivity contribution >= 4 is 49.2 Å². The van der Waals surface area contributed by atoms with Crippen molar-refractivity contribution in [3.63, 3.8) is 0 Å². The molecular formula is C11H11BrCl2FNO2S. The van der Waals surface area contributed by atoms with E-state index < -0.39 is 20.9 Å². The Morgan fingerprint density at radius 1 is 1.37 bits per heavy atom. The van der Waals surface area contributed by atoms with Crippen LogP contribution in [0.2, 0.25) is 10.0 Å². The molecule has 1 saturated heterocycles. The number of benzene rings is 1. The summed E-state index contributed by atoms with van der Waals surface area (Å²) in [5.74, 6) is -0.906. The van der Waals surface area contributed by atoms with Crippen LogP contribution in [-0.4, -0.2) is 30.6 Å². The molecule has 0 bridgehead atoms. The predicted molar refractivity (Wildman–Crippen MR) is 77.1 cm³/mol. The molecule has 8 heteroatoms. The smallest absolute Gasteiger partial charge is 0.207 e. The minimum atomic E-state index is -3.79. The summed E-state index contributed by atoms with van der Waals surface area (Å²) in [7, 11) is -3.79. The Bertz CT molecular complexity index is 597. The van der Waals surface area contributed by atoms with E-state index in [1.165, 1.54) is 16.4 Å². The summed E-state index contributed by atoms with van der Waals surface area (Å²) in [5, 5.41) is -0.648. The van der Waals surface area contributed by atoms with Crippen molar-refractivity contribution in [3.05, 3.63) is 28.0 Å². The topological polar surface area (TPSA) is 37.4 Å². The molecule has 1 fully saturated rings. The van der Waals surface area contributed by atoms with Crippen molar-refractivity contribution in [1.82, 2.24) is 4.31 Å². The van der Waals surface area contributed by atoms with Crippen molar-refractivity contribution in [2.45, 2.75) is 22.6 Å². The molecule has 1 aliphatic rings. The minimum absolute atomic E-state index is 0.104. The third kappa shape index (κ3) is 3.08. The Morgan fingerprint density at radius 2 is 2.05 bits per heavy atom. The Balaban J connectivity index is 2.42. The van der Waals surface area contributed by atoms with E-state index in [9.17, 15) is 12.8 Å². The van der Waals surface area contributed by atoms with Gasteiger partial charge in [-0.2, -0.15) is 4.31 Å². The number of rotatable bonds is 2. The second-order valence-corrected chi connectivity index (χ2v) is 8.26. The van der Waals surface area contributed by atoms with Crippen molar-refractivity contribution in [2.75, 3.05) is 13.1 Å². The zero-order valence-corrected chi connectivity index (χ0v) is 13.7. The Hall–Kier alpha value is 0.120. The van der Waals surface area contributed by atoms with Crippen LogP contribution in [0.25, 0.3) is 0 Å². The molecule has 1 aromatic rings. The second-order valence-electron chi connectivity index (χ2n) is 4.28. The molecule has 0 aliphatic carbocycles. The molecule has 0 aromatic heterocycles. The van der Waals surface area contributed by atoms with Gasteiger partial charge in [0.15, 0.2) is 5.82 Å². The zero-order valence-electron chi connectivity index (χ0n) is 9.74. The first-order chi connectivity index (χ1) is 8.84. The summed E-state index contributed by atoms with van der Waals surface area (Å²) in [4.78, 5) is -0.135. The highest BCUT2D eigenvalue weighted by molar-refractivity contribution is 9.09. The molecule has 0 radical (unpaired) electrons. The molecule has 0 saturated carbocycles. The minimum Gasteiger partial charge on any atom is -0.207 e. The highest BCUT2D eigenvalue weighted by Gasteiger charge is 2.32. The van der Waals surface area contributed by atoms with Gasteiger partial charge in [0.2, 0.25) is 10.0 Å². The van der Waals surface area contributed by atoms with E-state index in [1.54, 1.807) is 0 Å². The van der Waals surface area contributed by atoms with E-state index >= 15 is 0 Å². The van der Waals surface area contributed by atoms with Gasteiger partial charge in [-0.15, -0.1) is 0 Å². The van der Waals surface area contributed by atoms with E-state index in [0.717, 1.165) is 12.8 Å². The number of nitrogens with zero attached hydrogens (tertiary/aromatic N) is 1. The zero-order chi connectivity index (χ0) is 14.2. The van der Waals surface area contributed by atoms with Crippen LogP contribution in [-0.2, 0) is 10.0 Å². The van der Waals surface area contributed by atoms with Crippen LogP contribution in [0, 0.1) is 5.82 Å². The van der Waals surface area contributed by atoms with Crippen LogP contribution in [0.4, 0.5) is 4.39 Å². The fourth-order valence-corrected chi connectivity index (χ4v) is 5.07. The SMILES string of the molecule is O=S(=O)(c1ccc(Cl)c(F)c1Cl)N1CCCC(Br)C1. The molecule has 1 unspecified atom stereocenters. The maximum Gasteiger partial charge on any atom is 0.244 e. The van der Waals surface area contributed by atoms with Gasteiger partial charge in [0, 0.05) is 17.9 Å². The molecule has 1 aromatic carbocycles. The van der Waals surface area contributed by atoms with E-state index in [1.807, 2.05) is 0 Å².